The first-order chi connectivity index (χ1) is 26.7. The number of anilines is 2. The molecule has 0 fully saturated rings. The molecule has 2 heterocycles. The van der Waals surface area contributed by atoms with Crippen molar-refractivity contribution in [2.45, 2.75) is 9.79 Å². The molecule has 0 unspecified atom stereocenters. The van der Waals surface area contributed by atoms with Crippen molar-refractivity contribution in [1.82, 2.24) is 9.97 Å². The van der Waals surface area contributed by atoms with Crippen molar-refractivity contribution in [2.75, 3.05) is 9.44 Å². The monoisotopic (exact) mass is 796 g/mol. The van der Waals surface area contributed by atoms with Gasteiger partial charge in [-0.2, -0.15) is 20.5 Å². The van der Waals surface area contributed by atoms with E-state index >= 15 is 0 Å². The van der Waals surface area contributed by atoms with Crippen LogP contribution in [0.2, 0.25) is 0 Å². The van der Waals surface area contributed by atoms with E-state index in [1.807, 2.05) is 0 Å². The SMILES string of the molecule is O=C(O)c1cc(/N=N/c2ccc(S(=O)(=O)Nc3ccccn3)cc2)ccc1O.O=C(O)c1cc(N=Nc2ccc(S(=O)(=O)Nc3ccccn3)cc2)ccc1O. The van der Waals surface area contributed by atoms with Gasteiger partial charge in [-0.15, -0.1) is 0 Å². The van der Waals surface area contributed by atoms with Crippen LogP contribution in [0.1, 0.15) is 20.7 Å². The van der Waals surface area contributed by atoms with Gasteiger partial charge in [-0.1, -0.05) is 12.1 Å². The Labute approximate surface area is 318 Å². The molecule has 56 heavy (non-hydrogen) atoms. The topological polar surface area (TPSA) is 283 Å². The zero-order valence-electron chi connectivity index (χ0n) is 28.4. The molecule has 0 atom stereocenters. The fourth-order valence-electron chi connectivity index (χ4n) is 4.37. The molecule has 0 aliphatic heterocycles. The zero-order valence-corrected chi connectivity index (χ0v) is 30.1. The number of azo groups is 2. The minimum Gasteiger partial charge on any atom is -0.507 e. The van der Waals surface area contributed by atoms with Crippen LogP contribution in [-0.4, -0.2) is 59.2 Å². The Morgan fingerprint density at radius 1 is 0.482 bits per heavy atom. The van der Waals surface area contributed by atoms with Gasteiger partial charge in [-0.3, -0.25) is 9.44 Å². The van der Waals surface area contributed by atoms with Crippen molar-refractivity contribution in [1.29, 1.82) is 0 Å². The number of pyridine rings is 2. The third kappa shape index (κ3) is 10.7. The molecule has 0 spiro atoms. The number of nitrogens with zero attached hydrogens (tertiary/aromatic N) is 6. The molecule has 6 aromatic rings. The number of phenols is 2. The van der Waals surface area contributed by atoms with Crippen LogP contribution in [0.4, 0.5) is 34.4 Å². The molecule has 0 amide bonds. The van der Waals surface area contributed by atoms with Crippen molar-refractivity contribution in [2.24, 2.45) is 20.5 Å². The van der Waals surface area contributed by atoms with Gasteiger partial charge in [-0.05, 0) is 109 Å². The van der Waals surface area contributed by atoms with Gasteiger partial charge in [0.15, 0.2) is 0 Å². The van der Waals surface area contributed by atoms with E-state index in [9.17, 15) is 36.6 Å². The van der Waals surface area contributed by atoms with Gasteiger partial charge in [-0.25, -0.2) is 36.4 Å². The average Bonchev–Trinajstić information content (AvgIpc) is 3.18. The summed E-state index contributed by atoms with van der Waals surface area (Å²) in [6, 6.07) is 28.6. The van der Waals surface area contributed by atoms with Crippen LogP contribution in [-0.2, 0) is 20.0 Å². The number of rotatable bonds is 12. The van der Waals surface area contributed by atoms with E-state index in [0.717, 1.165) is 0 Å². The van der Waals surface area contributed by atoms with Crippen molar-refractivity contribution >= 4 is 66.4 Å². The number of sulfonamides is 2. The number of carbonyl (C=O) groups is 2. The third-order valence-electron chi connectivity index (χ3n) is 7.08. The van der Waals surface area contributed by atoms with Crippen molar-refractivity contribution in [3.63, 3.8) is 0 Å². The normalized spacial score (nSPS) is 11.4. The summed E-state index contributed by atoms with van der Waals surface area (Å²) >= 11 is 0. The number of benzene rings is 4. The highest BCUT2D eigenvalue weighted by molar-refractivity contribution is 7.93. The molecule has 0 radical (unpaired) electrons. The fourth-order valence-corrected chi connectivity index (χ4v) is 6.39. The average molecular weight is 797 g/mol. The molecule has 20 heteroatoms. The maximum Gasteiger partial charge on any atom is 0.339 e. The summed E-state index contributed by atoms with van der Waals surface area (Å²) in [5.74, 6) is -2.92. The molecule has 0 bridgehead atoms. The Morgan fingerprint density at radius 2 is 0.821 bits per heavy atom. The van der Waals surface area contributed by atoms with Crippen LogP contribution in [0.5, 0.6) is 11.5 Å². The van der Waals surface area contributed by atoms with E-state index in [1.54, 1.807) is 24.3 Å². The molecule has 0 aliphatic rings. The maximum atomic E-state index is 12.3. The zero-order chi connectivity index (χ0) is 40.3. The number of carboxylic acids is 2. The Balaban J connectivity index is 0.000000214. The van der Waals surface area contributed by atoms with Crippen molar-refractivity contribution in [3.8, 4) is 11.5 Å². The Bertz CT molecular complexity index is 2450. The lowest BCUT2D eigenvalue weighted by Crippen LogP contribution is -2.13. The molecule has 18 nitrogen and oxygen atoms in total. The van der Waals surface area contributed by atoms with Crippen molar-refractivity contribution in [3.05, 3.63) is 145 Å². The van der Waals surface area contributed by atoms with Crippen LogP contribution in [0.25, 0.3) is 0 Å². The summed E-state index contributed by atoms with van der Waals surface area (Å²) in [4.78, 5) is 29.9. The molecule has 0 saturated carbocycles. The molecule has 2 aromatic heterocycles. The highest BCUT2D eigenvalue weighted by atomic mass is 32.2. The van der Waals surface area contributed by atoms with Gasteiger partial charge < -0.3 is 20.4 Å². The fraction of sp³-hybridized carbons (Fsp3) is 0. The minimum absolute atomic E-state index is 0.0231. The minimum atomic E-state index is -3.79. The van der Waals surface area contributed by atoms with Crippen LogP contribution >= 0.6 is 0 Å². The first-order valence-corrected chi connectivity index (χ1v) is 18.7. The van der Waals surface area contributed by atoms with Crippen molar-refractivity contribution < 1.29 is 46.9 Å². The molecular formula is C36H28N8O10S2. The molecule has 0 saturated heterocycles. The highest BCUT2D eigenvalue weighted by Crippen LogP contribution is 2.27. The van der Waals surface area contributed by atoms with Gasteiger partial charge >= 0.3 is 11.9 Å². The smallest absolute Gasteiger partial charge is 0.339 e. The van der Waals surface area contributed by atoms with Gasteiger partial charge in [0, 0.05) is 12.4 Å². The lowest BCUT2D eigenvalue weighted by atomic mass is 10.2. The first-order valence-electron chi connectivity index (χ1n) is 15.7. The second kappa shape index (κ2) is 17.5. The van der Waals surface area contributed by atoms with E-state index in [1.165, 1.54) is 109 Å². The standard InChI is InChI=1S/2C18H14N4O5S/c2*23-16-9-6-13(11-15(16)18(24)25)21-20-12-4-7-14(8-5-12)28(26,27)22-17-3-1-2-10-19-17/h2*1-11,23H,(H,19,22)(H,24,25)/b21-20+;. The highest BCUT2D eigenvalue weighted by Gasteiger charge is 2.16. The maximum absolute atomic E-state index is 12.3. The molecule has 284 valence electrons. The summed E-state index contributed by atoms with van der Waals surface area (Å²) in [5.41, 5.74) is 0.591. The van der Waals surface area contributed by atoms with Crippen LogP contribution in [0, 0.1) is 0 Å². The van der Waals surface area contributed by atoms with Gasteiger partial charge in [0.25, 0.3) is 20.0 Å². The summed E-state index contributed by atoms with van der Waals surface area (Å²) in [7, 11) is -7.59. The number of nitrogens with one attached hydrogen (secondary N) is 2. The van der Waals surface area contributed by atoms with Gasteiger partial charge in [0.1, 0.15) is 34.3 Å². The van der Waals surface area contributed by atoms with E-state index in [0.29, 0.717) is 11.4 Å². The van der Waals surface area contributed by atoms with E-state index in [-0.39, 0.29) is 55.4 Å². The summed E-state index contributed by atoms with van der Waals surface area (Å²) < 4.78 is 54.1. The number of aromatic carboxylic acids is 2. The third-order valence-corrected chi connectivity index (χ3v) is 9.83. The summed E-state index contributed by atoms with van der Waals surface area (Å²) in [6.07, 6.45) is 2.95. The molecule has 4 aromatic carbocycles. The van der Waals surface area contributed by atoms with Gasteiger partial charge in [0.05, 0.1) is 32.5 Å². The van der Waals surface area contributed by atoms with Gasteiger partial charge in [0.2, 0.25) is 0 Å². The summed E-state index contributed by atoms with van der Waals surface area (Å²) in [5, 5.41) is 52.6. The van der Waals surface area contributed by atoms with Crippen LogP contribution in [0.3, 0.4) is 0 Å². The quantitative estimate of drug-likeness (QED) is 0.0661. The van der Waals surface area contributed by atoms with E-state index < -0.39 is 32.0 Å². The second-order valence-electron chi connectivity index (χ2n) is 11.0. The van der Waals surface area contributed by atoms with Crippen LogP contribution in [0.15, 0.2) is 164 Å². The molecular weight excluding hydrogens is 769 g/mol. The Morgan fingerprint density at radius 3 is 1.14 bits per heavy atom. The number of aromatic hydroxyl groups is 2. The number of carboxylic acid groups (broad SMARTS) is 2. The lowest BCUT2D eigenvalue weighted by Gasteiger charge is -2.07. The molecule has 6 rings (SSSR count). The predicted octanol–water partition coefficient (Wildman–Crippen LogP) is 7.40. The first kappa shape index (κ1) is 39.6. The Hall–Kier alpha value is -7.58. The van der Waals surface area contributed by atoms with E-state index in [4.69, 9.17) is 10.2 Å². The number of hydrogen-bond donors (Lipinski definition) is 6. The molecule has 6 N–H and O–H groups in total. The largest absolute Gasteiger partial charge is 0.507 e. The van der Waals surface area contributed by atoms with E-state index in [2.05, 4.69) is 39.9 Å². The predicted molar refractivity (Wildman–Crippen MR) is 201 cm³/mol. The lowest BCUT2D eigenvalue weighted by molar-refractivity contribution is 0.0682. The number of aromatic nitrogens is 2. The number of hydrogen-bond acceptors (Lipinski definition) is 14. The molecule has 0 aliphatic carbocycles. The summed E-state index contributed by atoms with van der Waals surface area (Å²) in [6.45, 7) is 0. The Kier molecular flexibility index (Phi) is 12.4. The second-order valence-corrected chi connectivity index (χ2v) is 14.4. The van der Waals surface area contributed by atoms with Crippen LogP contribution < -0.4 is 9.44 Å².